The molecular weight excluding hydrogens is 410 g/mol. The van der Waals surface area contributed by atoms with Gasteiger partial charge in [0.15, 0.2) is 0 Å². The van der Waals surface area contributed by atoms with Crippen LogP contribution in [0.3, 0.4) is 0 Å². The van der Waals surface area contributed by atoms with Crippen molar-refractivity contribution in [3.8, 4) is 5.75 Å². The SMILES string of the molecule is O=C(O)/C=C/c1c(I)cc(O)cc1I. The summed E-state index contributed by atoms with van der Waals surface area (Å²) in [4.78, 5) is 10.3. The number of aromatic hydroxyl groups is 1. The van der Waals surface area contributed by atoms with E-state index in [4.69, 9.17) is 5.11 Å². The average Bonchev–Trinajstić information content (AvgIpc) is 2.01. The summed E-state index contributed by atoms with van der Waals surface area (Å²) in [5, 5.41) is 17.7. The summed E-state index contributed by atoms with van der Waals surface area (Å²) in [7, 11) is 0. The van der Waals surface area contributed by atoms with Gasteiger partial charge in [-0.15, -0.1) is 0 Å². The molecule has 0 bridgehead atoms. The van der Waals surface area contributed by atoms with Crippen molar-refractivity contribution in [2.75, 3.05) is 0 Å². The van der Waals surface area contributed by atoms with Crippen molar-refractivity contribution in [3.05, 3.63) is 30.9 Å². The fourth-order valence-corrected chi connectivity index (χ4v) is 2.98. The first-order valence-electron chi connectivity index (χ1n) is 3.59. The minimum atomic E-state index is -0.982. The van der Waals surface area contributed by atoms with Crippen molar-refractivity contribution < 1.29 is 15.0 Å². The van der Waals surface area contributed by atoms with Crippen LogP contribution in [0, 0.1) is 7.14 Å². The molecule has 0 aliphatic rings. The minimum Gasteiger partial charge on any atom is -0.508 e. The number of rotatable bonds is 2. The van der Waals surface area contributed by atoms with E-state index in [1.807, 2.05) is 45.2 Å². The Balaban J connectivity index is 3.15. The summed E-state index contributed by atoms with van der Waals surface area (Å²) in [6.07, 6.45) is 2.60. The molecule has 0 aliphatic heterocycles. The highest BCUT2D eigenvalue weighted by Gasteiger charge is 2.04. The van der Waals surface area contributed by atoms with Crippen molar-refractivity contribution in [3.63, 3.8) is 0 Å². The Morgan fingerprint density at radius 1 is 1.29 bits per heavy atom. The van der Waals surface area contributed by atoms with E-state index < -0.39 is 5.97 Å². The van der Waals surface area contributed by atoms with Gasteiger partial charge in [-0.3, -0.25) is 0 Å². The lowest BCUT2D eigenvalue weighted by Gasteiger charge is -2.02. The van der Waals surface area contributed by atoms with Crippen LogP contribution in [0.15, 0.2) is 18.2 Å². The second kappa shape index (κ2) is 4.96. The number of phenols is 1. The molecule has 3 nitrogen and oxygen atoms in total. The maximum absolute atomic E-state index is 10.3. The number of carbonyl (C=O) groups is 1. The van der Waals surface area contributed by atoms with Crippen LogP contribution in [0.25, 0.3) is 6.08 Å². The van der Waals surface area contributed by atoms with Crippen LogP contribution in [0.4, 0.5) is 0 Å². The average molecular weight is 416 g/mol. The van der Waals surface area contributed by atoms with Crippen molar-refractivity contribution in [1.29, 1.82) is 0 Å². The molecule has 0 fully saturated rings. The molecule has 5 heteroatoms. The van der Waals surface area contributed by atoms with Crippen molar-refractivity contribution in [2.45, 2.75) is 0 Å². The highest BCUT2D eigenvalue weighted by molar-refractivity contribution is 14.1. The summed E-state index contributed by atoms with van der Waals surface area (Å²) >= 11 is 4.10. The molecule has 1 aromatic rings. The first-order valence-corrected chi connectivity index (χ1v) is 5.75. The minimum absolute atomic E-state index is 0.186. The van der Waals surface area contributed by atoms with Crippen LogP contribution in [-0.4, -0.2) is 16.2 Å². The predicted octanol–water partition coefficient (Wildman–Crippen LogP) is 2.70. The maximum atomic E-state index is 10.3. The standard InChI is InChI=1S/C9H6I2O3/c10-7-3-5(12)4-8(11)6(7)1-2-9(13)14/h1-4,12H,(H,13,14)/b2-1+. The predicted molar refractivity (Wildman–Crippen MR) is 70.2 cm³/mol. The van der Waals surface area contributed by atoms with Crippen molar-refractivity contribution in [2.24, 2.45) is 0 Å². The van der Waals surface area contributed by atoms with Gasteiger partial charge in [-0.1, -0.05) is 0 Å². The smallest absolute Gasteiger partial charge is 0.328 e. The van der Waals surface area contributed by atoms with E-state index >= 15 is 0 Å². The molecule has 1 aromatic carbocycles. The molecule has 2 N–H and O–H groups in total. The topological polar surface area (TPSA) is 57.5 Å². The molecule has 0 aliphatic carbocycles. The van der Waals surface area contributed by atoms with E-state index in [2.05, 4.69) is 0 Å². The van der Waals surface area contributed by atoms with Crippen molar-refractivity contribution in [1.82, 2.24) is 0 Å². The van der Waals surface area contributed by atoms with Crippen LogP contribution in [0.2, 0.25) is 0 Å². The monoisotopic (exact) mass is 416 g/mol. The zero-order valence-electron chi connectivity index (χ0n) is 6.87. The second-order valence-electron chi connectivity index (χ2n) is 2.49. The molecule has 0 aromatic heterocycles. The number of halogens is 2. The van der Waals surface area contributed by atoms with Gasteiger partial charge in [-0.25, -0.2) is 4.79 Å². The number of benzene rings is 1. The Labute approximate surface area is 108 Å². The highest BCUT2D eigenvalue weighted by Crippen LogP contribution is 2.25. The first kappa shape index (κ1) is 11.8. The summed E-state index contributed by atoms with van der Waals surface area (Å²) in [5.41, 5.74) is 0.811. The fourth-order valence-electron chi connectivity index (χ4n) is 0.885. The van der Waals surface area contributed by atoms with Gasteiger partial charge < -0.3 is 10.2 Å². The number of carboxylic acids is 1. The molecule has 74 valence electrons. The zero-order valence-corrected chi connectivity index (χ0v) is 11.2. The highest BCUT2D eigenvalue weighted by atomic mass is 127. The third kappa shape index (κ3) is 3.12. The summed E-state index contributed by atoms with van der Waals surface area (Å²) in [6, 6.07) is 3.18. The van der Waals surface area contributed by atoms with Crippen LogP contribution >= 0.6 is 45.2 Å². The second-order valence-corrected chi connectivity index (χ2v) is 4.82. The first-order chi connectivity index (χ1) is 6.50. The Bertz CT molecular complexity index is 376. The Morgan fingerprint density at radius 2 is 1.79 bits per heavy atom. The number of hydrogen-bond donors (Lipinski definition) is 2. The third-order valence-electron chi connectivity index (χ3n) is 1.46. The Morgan fingerprint density at radius 3 is 2.21 bits per heavy atom. The molecule has 0 unspecified atom stereocenters. The molecule has 14 heavy (non-hydrogen) atoms. The molecular formula is C9H6I2O3. The lowest BCUT2D eigenvalue weighted by Crippen LogP contribution is -1.89. The molecule has 0 saturated heterocycles. The van der Waals surface area contributed by atoms with Crippen LogP contribution in [-0.2, 0) is 4.79 Å². The van der Waals surface area contributed by atoms with Gasteiger partial charge in [-0.2, -0.15) is 0 Å². The zero-order chi connectivity index (χ0) is 10.7. The molecule has 0 amide bonds. The Hall–Kier alpha value is -0.310. The quantitative estimate of drug-likeness (QED) is 0.576. The molecule has 0 saturated carbocycles. The molecule has 0 atom stereocenters. The van der Waals surface area contributed by atoms with Crippen LogP contribution in [0.5, 0.6) is 5.75 Å². The van der Waals surface area contributed by atoms with Gasteiger partial charge in [-0.05, 0) is 63.4 Å². The fraction of sp³-hybridized carbons (Fsp3) is 0. The maximum Gasteiger partial charge on any atom is 0.328 e. The van der Waals surface area contributed by atoms with Crippen LogP contribution in [0.1, 0.15) is 5.56 Å². The van der Waals surface area contributed by atoms with Gasteiger partial charge in [0.2, 0.25) is 0 Å². The van der Waals surface area contributed by atoms with Crippen LogP contribution < -0.4 is 0 Å². The van der Waals surface area contributed by atoms with E-state index in [9.17, 15) is 9.90 Å². The molecule has 0 radical (unpaired) electrons. The molecule has 1 rings (SSSR count). The molecule has 0 spiro atoms. The van der Waals surface area contributed by atoms with E-state index in [1.54, 1.807) is 12.1 Å². The lowest BCUT2D eigenvalue weighted by atomic mass is 10.2. The number of hydrogen-bond acceptors (Lipinski definition) is 2. The summed E-state index contributed by atoms with van der Waals surface area (Å²) in [6.45, 7) is 0. The summed E-state index contributed by atoms with van der Waals surface area (Å²) < 4.78 is 1.65. The van der Waals surface area contributed by atoms with E-state index in [0.717, 1.165) is 18.8 Å². The van der Waals surface area contributed by atoms with Gasteiger partial charge in [0.25, 0.3) is 0 Å². The largest absolute Gasteiger partial charge is 0.508 e. The number of phenolic OH excluding ortho intramolecular Hbond substituents is 1. The van der Waals surface area contributed by atoms with Gasteiger partial charge in [0.1, 0.15) is 5.75 Å². The molecule has 0 heterocycles. The van der Waals surface area contributed by atoms with Crippen molar-refractivity contribution >= 4 is 57.2 Å². The number of carboxylic acid groups (broad SMARTS) is 1. The normalized spacial score (nSPS) is 10.7. The van der Waals surface area contributed by atoms with Gasteiger partial charge in [0.05, 0.1) is 0 Å². The van der Waals surface area contributed by atoms with Gasteiger partial charge >= 0.3 is 5.97 Å². The lowest BCUT2D eigenvalue weighted by molar-refractivity contribution is -0.131. The van der Waals surface area contributed by atoms with E-state index in [0.29, 0.717) is 0 Å². The third-order valence-corrected chi connectivity index (χ3v) is 3.24. The summed E-state index contributed by atoms with van der Waals surface area (Å²) in [5.74, 6) is -0.795. The number of aliphatic carboxylic acids is 1. The Kier molecular flexibility index (Phi) is 4.17. The van der Waals surface area contributed by atoms with E-state index in [1.165, 1.54) is 6.08 Å². The van der Waals surface area contributed by atoms with E-state index in [-0.39, 0.29) is 5.75 Å². The van der Waals surface area contributed by atoms with Gasteiger partial charge in [0, 0.05) is 18.8 Å².